The van der Waals surface area contributed by atoms with E-state index in [1.54, 1.807) is 18.6 Å². The molecule has 0 spiro atoms. The fourth-order valence-corrected chi connectivity index (χ4v) is 1.03. The maximum Gasteiger partial charge on any atom is 0.232 e. The van der Waals surface area contributed by atoms with E-state index in [4.69, 9.17) is 4.74 Å². The molecule has 0 atom stereocenters. The van der Waals surface area contributed by atoms with Crippen LogP contribution in [-0.4, -0.2) is 16.6 Å². The summed E-state index contributed by atoms with van der Waals surface area (Å²) in [6, 6.07) is 0. The molecule has 0 aliphatic carbocycles. The summed E-state index contributed by atoms with van der Waals surface area (Å²) in [5, 5.41) is 0. The van der Waals surface area contributed by atoms with Crippen molar-refractivity contribution in [2.45, 2.75) is 26.7 Å². The van der Waals surface area contributed by atoms with Crippen LogP contribution in [0.2, 0.25) is 0 Å². The first-order valence-electron chi connectivity index (χ1n) is 4.68. The van der Waals surface area contributed by atoms with Gasteiger partial charge in [-0.05, 0) is 18.8 Å². The minimum absolute atomic E-state index is 0.617. The molecule has 3 heteroatoms. The van der Waals surface area contributed by atoms with E-state index >= 15 is 0 Å². The van der Waals surface area contributed by atoms with Crippen LogP contribution in [0.25, 0.3) is 0 Å². The van der Waals surface area contributed by atoms with Crippen molar-refractivity contribution in [1.29, 1.82) is 0 Å². The van der Waals surface area contributed by atoms with E-state index in [-0.39, 0.29) is 0 Å². The highest BCUT2D eigenvalue weighted by molar-refractivity contribution is 5.00. The van der Waals surface area contributed by atoms with Gasteiger partial charge in [0.05, 0.1) is 12.8 Å². The van der Waals surface area contributed by atoms with Crippen LogP contribution < -0.4 is 4.74 Å². The summed E-state index contributed by atoms with van der Waals surface area (Å²) in [5.74, 6) is 1.36. The SMILES string of the molecule is CC(C)CCCOc1cnccn1. The molecule has 13 heavy (non-hydrogen) atoms. The lowest BCUT2D eigenvalue weighted by Gasteiger charge is -2.05. The third kappa shape index (κ3) is 4.45. The van der Waals surface area contributed by atoms with Gasteiger partial charge in [-0.3, -0.25) is 4.98 Å². The molecule has 0 aliphatic rings. The smallest absolute Gasteiger partial charge is 0.232 e. The predicted octanol–water partition coefficient (Wildman–Crippen LogP) is 2.29. The summed E-state index contributed by atoms with van der Waals surface area (Å²) < 4.78 is 5.38. The zero-order valence-corrected chi connectivity index (χ0v) is 8.23. The second-order valence-electron chi connectivity index (χ2n) is 3.43. The van der Waals surface area contributed by atoms with E-state index in [0.29, 0.717) is 5.88 Å². The van der Waals surface area contributed by atoms with Crippen LogP contribution in [-0.2, 0) is 0 Å². The third-order valence-electron chi connectivity index (χ3n) is 1.72. The average molecular weight is 180 g/mol. The van der Waals surface area contributed by atoms with E-state index in [2.05, 4.69) is 23.8 Å². The Morgan fingerprint density at radius 3 is 2.85 bits per heavy atom. The Hall–Kier alpha value is -1.12. The van der Waals surface area contributed by atoms with Crippen molar-refractivity contribution in [3.05, 3.63) is 18.6 Å². The molecule has 0 aromatic carbocycles. The second-order valence-corrected chi connectivity index (χ2v) is 3.43. The summed E-state index contributed by atoms with van der Waals surface area (Å²) in [4.78, 5) is 7.92. The van der Waals surface area contributed by atoms with Gasteiger partial charge in [0.15, 0.2) is 0 Å². The van der Waals surface area contributed by atoms with Gasteiger partial charge in [-0.2, -0.15) is 0 Å². The molecular formula is C10H16N2O. The first-order valence-corrected chi connectivity index (χ1v) is 4.68. The van der Waals surface area contributed by atoms with E-state index in [0.717, 1.165) is 18.9 Å². The number of rotatable bonds is 5. The monoisotopic (exact) mass is 180 g/mol. The lowest BCUT2D eigenvalue weighted by molar-refractivity contribution is 0.286. The molecule has 3 nitrogen and oxygen atoms in total. The minimum Gasteiger partial charge on any atom is -0.477 e. The van der Waals surface area contributed by atoms with Gasteiger partial charge >= 0.3 is 0 Å². The van der Waals surface area contributed by atoms with Crippen molar-refractivity contribution >= 4 is 0 Å². The molecule has 0 aliphatic heterocycles. The highest BCUT2D eigenvalue weighted by atomic mass is 16.5. The van der Waals surface area contributed by atoms with E-state index in [1.807, 2.05) is 0 Å². The van der Waals surface area contributed by atoms with Gasteiger partial charge < -0.3 is 4.74 Å². The summed E-state index contributed by atoms with van der Waals surface area (Å²) >= 11 is 0. The number of hydrogen-bond donors (Lipinski definition) is 0. The lowest BCUT2D eigenvalue weighted by Crippen LogP contribution is -2.00. The third-order valence-corrected chi connectivity index (χ3v) is 1.72. The Morgan fingerprint density at radius 1 is 1.38 bits per heavy atom. The molecule has 1 aromatic heterocycles. The molecule has 1 heterocycles. The van der Waals surface area contributed by atoms with Crippen LogP contribution in [0.4, 0.5) is 0 Å². The zero-order chi connectivity index (χ0) is 9.52. The van der Waals surface area contributed by atoms with Crippen molar-refractivity contribution in [3.63, 3.8) is 0 Å². The maximum atomic E-state index is 5.38. The molecule has 0 fully saturated rings. The Kier molecular flexibility index (Phi) is 4.23. The van der Waals surface area contributed by atoms with Crippen LogP contribution in [0.15, 0.2) is 18.6 Å². The van der Waals surface area contributed by atoms with Gasteiger partial charge in [-0.15, -0.1) is 0 Å². The Morgan fingerprint density at radius 2 is 2.23 bits per heavy atom. The molecular weight excluding hydrogens is 164 g/mol. The highest BCUT2D eigenvalue weighted by Gasteiger charge is 1.96. The second kappa shape index (κ2) is 5.51. The molecule has 1 rings (SSSR count). The molecule has 72 valence electrons. The summed E-state index contributed by atoms with van der Waals surface area (Å²) in [6.45, 7) is 5.15. The molecule has 0 N–H and O–H groups in total. The van der Waals surface area contributed by atoms with Crippen LogP contribution in [0.3, 0.4) is 0 Å². The zero-order valence-electron chi connectivity index (χ0n) is 8.23. The molecule has 0 bridgehead atoms. The fourth-order valence-electron chi connectivity index (χ4n) is 1.03. The summed E-state index contributed by atoms with van der Waals surface area (Å²) in [7, 11) is 0. The summed E-state index contributed by atoms with van der Waals surface area (Å²) in [5.41, 5.74) is 0. The first kappa shape index (κ1) is 9.96. The Bertz CT molecular complexity index is 224. The van der Waals surface area contributed by atoms with E-state index in [9.17, 15) is 0 Å². The van der Waals surface area contributed by atoms with Crippen LogP contribution in [0, 0.1) is 5.92 Å². The molecule has 0 saturated heterocycles. The number of aromatic nitrogens is 2. The van der Waals surface area contributed by atoms with Gasteiger partial charge in [0.25, 0.3) is 0 Å². The van der Waals surface area contributed by atoms with Crippen molar-refractivity contribution in [2.75, 3.05) is 6.61 Å². The quantitative estimate of drug-likeness (QED) is 0.652. The van der Waals surface area contributed by atoms with Crippen molar-refractivity contribution in [2.24, 2.45) is 5.92 Å². The summed E-state index contributed by atoms with van der Waals surface area (Å²) in [6.07, 6.45) is 7.18. The minimum atomic E-state index is 0.617. The first-order chi connectivity index (χ1) is 6.29. The van der Waals surface area contributed by atoms with Crippen LogP contribution in [0.5, 0.6) is 5.88 Å². The molecule has 0 saturated carbocycles. The van der Waals surface area contributed by atoms with Gasteiger partial charge in [-0.25, -0.2) is 4.98 Å². The number of hydrogen-bond acceptors (Lipinski definition) is 3. The van der Waals surface area contributed by atoms with Crippen LogP contribution in [0.1, 0.15) is 26.7 Å². The van der Waals surface area contributed by atoms with Gasteiger partial charge in [0.2, 0.25) is 5.88 Å². The average Bonchev–Trinajstić information content (AvgIpc) is 2.14. The Balaban J connectivity index is 2.13. The maximum absolute atomic E-state index is 5.38. The van der Waals surface area contributed by atoms with E-state index in [1.165, 1.54) is 6.42 Å². The van der Waals surface area contributed by atoms with Crippen molar-refractivity contribution in [3.8, 4) is 5.88 Å². The largest absolute Gasteiger partial charge is 0.477 e. The standard InChI is InChI=1S/C10H16N2O/c1-9(2)4-3-7-13-10-8-11-5-6-12-10/h5-6,8-9H,3-4,7H2,1-2H3. The normalized spacial score (nSPS) is 10.4. The van der Waals surface area contributed by atoms with Gasteiger partial charge in [-0.1, -0.05) is 13.8 Å². The Labute approximate surface area is 79.2 Å². The topological polar surface area (TPSA) is 35.0 Å². The molecule has 0 unspecified atom stereocenters. The highest BCUT2D eigenvalue weighted by Crippen LogP contribution is 2.06. The van der Waals surface area contributed by atoms with Crippen LogP contribution >= 0.6 is 0 Å². The molecule has 0 radical (unpaired) electrons. The van der Waals surface area contributed by atoms with E-state index < -0.39 is 0 Å². The molecule has 1 aromatic rings. The predicted molar refractivity (Wildman–Crippen MR) is 51.6 cm³/mol. The lowest BCUT2D eigenvalue weighted by atomic mass is 10.1. The van der Waals surface area contributed by atoms with Crippen molar-refractivity contribution < 1.29 is 4.74 Å². The number of ether oxygens (including phenoxy) is 1. The van der Waals surface area contributed by atoms with Gasteiger partial charge in [0, 0.05) is 12.4 Å². The van der Waals surface area contributed by atoms with Gasteiger partial charge in [0.1, 0.15) is 0 Å². The van der Waals surface area contributed by atoms with Crippen molar-refractivity contribution in [1.82, 2.24) is 9.97 Å². The fraction of sp³-hybridized carbons (Fsp3) is 0.600. The molecule has 0 amide bonds. The number of nitrogens with zero attached hydrogens (tertiary/aromatic N) is 2.